The van der Waals surface area contributed by atoms with Crippen LogP contribution in [-0.2, 0) is 6.61 Å². The van der Waals surface area contributed by atoms with E-state index in [0.717, 1.165) is 17.9 Å². The smallest absolute Gasteiger partial charge is 0.251 e. The summed E-state index contributed by atoms with van der Waals surface area (Å²) in [5.41, 5.74) is 2.37. The molecule has 5 nitrogen and oxygen atoms in total. The Morgan fingerprint density at radius 2 is 2.17 bits per heavy atom. The highest BCUT2D eigenvalue weighted by atomic mass is 16.5. The van der Waals surface area contributed by atoms with Crippen LogP contribution in [0, 0.1) is 5.92 Å². The van der Waals surface area contributed by atoms with Gasteiger partial charge in [-0.05, 0) is 49.1 Å². The van der Waals surface area contributed by atoms with Crippen molar-refractivity contribution in [3.8, 4) is 5.75 Å². The van der Waals surface area contributed by atoms with Gasteiger partial charge in [-0.15, -0.1) is 0 Å². The van der Waals surface area contributed by atoms with Gasteiger partial charge in [0.25, 0.3) is 5.91 Å². The number of fused-ring (bicyclic) bond motifs is 1. The summed E-state index contributed by atoms with van der Waals surface area (Å²) < 4.78 is 7.75. The molecule has 3 aromatic rings. The maximum atomic E-state index is 12.1. The lowest BCUT2D eigenvalue weighted by molar-refractivity contribution is 0.0951. The lowest BCUT2D eigenvalue weighted by atomic mass is 10.2. The molecule has 4 rings (SSSR count). The molecule has 1 N–H and O–H groups in total. The minimum atomic E-state index is -0.0416. The first kappa shape index (κ1) is 14.8. The van der Waals surface area contributed by atoms with E-state index in [1.54, 1.807) is 12.1 Å². The second-order valence-electron chi connectivity index (χ2n) is 6.17. The van der Waals surface area contributed by atoms with Gasteiger partial charge in [-0.1, -0.05) is 12.1 Å². The summed E-state index contributed by atoms with van der Waals surface area (Å²) in [6, 6.07) is 13.1. The van der Waals surface area contributed by atoms with Crippen LogP contribution in [0.4, 0.5) is 0 Å². The summed E-state index contributed by atoms with van der Waals surface area (Å²) in [6.07, 6.45) is 6.35. The van der Waals surface area contributed by atoms with Crippen LogP contribution in [0.25, 0.3) is 5.65 Å². The van der Waals surface area contributed by atoms with Crippen molar-refractivity contribution in [2.45, 2.75) is 19.4 Å². The highest BCUT2D eigenvalue weighted by molar-refractivity contribution is 5.94. The van der Waals surface area contributed by atoms with Crippen LogP contribution < -0.4 is 10.1 Å². The summed E-state index contributed by atoms with van der Waals surface area (Å²) in [6.45, 7) is 1.14. The van der Waals surface area contributed by atoms with E-state index in [2.05, 4.69) is 10.3 Å². The number of hydrogen-bond acceptors (Lipinski definition) is 3. The summed E-state index contributed by atoms with van der Waals surface area (Å²) in [7, 11) is 0. The minimum Gasteiger partial charge on any atom is -0.487 e. The normalized spacial score (nSPS) is 13.8. The van der Waals surface area contributed by atoms with Crippen molar-refractivity contribution >= 4 is 11.6 Å². The molecule has 24 heavy (non-hydrogen) atoms. The van der Waals surface area contributed by atoms with E-state index in [9.17, 15) is 4.79 Å². The predicted octanol–water partition coefficient (Wildman–Crippen LogP) is 3.05. The van der Waals surface area contributed by atoms with E-state index in [1.807, 2.05) is 47.1 Å². The van der Waals surface area contributed by atoms with Crippen LogP contribution in [0.1, 0.15) is 28.9 Å². The van der Waals surface area contributed by atoms with Gasteiger partial charge in [0, 0.05) is 24.5 Å². The topological polar surface area (TPSA) is 55.6 Å². The number of imidazole rings is 1. The quantitative estimate of drug-likeness (QED) is 0.759. The number of benzene rings is 1. The molecule has 0 unspecified atom stereocenters. The SMILES string of the molecule is O=C(NCC1CC1)c1cccc(OCc2cn3ccccc3n2)c1. The molecule has 2 aromatic heterocycles. The Kier molecular flexibility index (Phi) is 3.91. The van der Waals surface area contributed by atoms with Crippen molar-refractivity contribution in [2.75, 3.05) is 6.54 Å². The molecular formula is C19H19N3O2. The molecule has 0 aliphatic heterocycles. The van der Waals surface area contributed by atoms with Gasteiger partial charge in [0.15, 0.2) is 0 Å². The zero-order chi connectivity index (χ0) is 16.4. The molecule has 0 saturated heterocycles. The molecule has 1 fully saturated rings. The number of hydrogen-bond donors (Lipinski definition) is 1. The van der Waals surface area contributed by atoms with Crippen molar-refractivity contribution in [1.82, 2.24) is 14.7 Å². The van der Waals surface area contributed by atoms with Crippen LogP contribution in [-0.4, -0.2) is 21.8 Å². The van der Waals surface area contributed by atoms with E-state index in [1.165, 1.54) is 12.8 Å². The number of aromatic nitrogens is 2. The van der Waals surface area contributed by atoms with E-state index >= 15 is 0 Å². The van der Waals surface area contributed by atoms with Gasteiger partial charge in [-0.2, -0.15) is 0 Å². The zero-order valence-electron chi connectivity index (χ0n) is 13.3. The van der Waals surface area contributed by atoms with Crippen LogP contribution in [0.5, 0.6) is 5.75 Å². The third-order valence-electron chi connectivity index (χ3n) is 4.15. The van der Waals surface area contributed by atoms with Crippen LogP contribution in [0.2, 0.25) is 0 Å². The second kappa shape index (κ2) is 6.35. The molecule has 1 aliphatic carbocycles. The first-order chi connectivity index (χ1) is 11.8. The highest BCUT2D eigenvalue weighted by Gasteiger charge is 2.21. The van der Waals surface area contributed by atoms with Gasteiger partial charge in [0.2, 0.25) is 0 Å². The highest BCUT2D eigenvalue weighted by Crippen LogP contribution is 2.27. The predicted molar refractivity (Wildman–Crippen MR) is 91.0 cm³/mol. The fourth-order valence-electron chi connectivity index (χ4n) is 2.60. The molecule has 0 atom stereocenters. The van der Waals surface area contributed by atoms with Crippen LogP contribution in [0.15, 0.2) is 54.9 Å². The third kappa shape index (κ3) is 3.40. The monoisotopic (exact) mass is 321 g/mol. The van der Waals surface area contributed by atoms with E-state index in [0.29, 0.717) is 23.8 Å². The molecule has 1 aliphatic rings. The second-order valence-corrected chi connectivity index (χ2v) is 6.17. The molecule has 1 aromatic carbocycles. The molecule has 2 heterocycles. The van der Waals surface area contributed by atoms with E-state index in [-0.39, 0.29) is 5.91 Å². The van der Waals surface area contributed by atoms with Gasteiger partial charge >= 0.3 is 0 Å². The molecule has 1 saturated carbocycles. The number of carbonyl (C=O) groups is 1. The summed E-state index contributed by atoms with van der Waals surface area (Å²) in [4.78, 5) is 16.6. The lowest BCUT2D eigenvalue weighted by Gasteiger charge is -2.07. The Balaban J connectivity index is 1.40. The fraction of sp³-hybridized carbons (Fsp3) is 0.263. The van der Waals surface area contributed by atoms with Gasteiger partial charge in [0.05, 0.1) is 5.69 Å². The number of amides is 1. The maximum Gasteiger partial charge on any atom is 0.251 e. The Morgan fingerprint density at radius 3 is 3.00 bits per heavy atom. The number of rotatable bonds is 6. The summed E-state index contributed by atoms with van der Waals surface area (Å²) >= 11 is 0. The molecule has 5 heteroatoms. The Morgan fingerprint density at radius 1 is 1.25 bits per heavy atom. The number of nitrogens with one attached hydrogen (secondary N) is 1. The average Bonchev–Trinajstić information content (AvgIpc) is 3.35. The standard InChI is InChI=1S/C19H19N3O2/c23-19(20-11-14-7-8-14)15-4-3-5-17(10-15)24-13-16-12-22-9-2-1-6-18(22)21-16/h1-6,9-10,12,14H,7-8,11,13H2,(H,20,23). The molecule has 122 valence electrons. The molecule has 0 bridgehead atoms. The largest absolute Gasteiger partial charge is 0.487 e. The average molecular weight is 321 g/mol. The van der Waals surface area contributed by atoms with E-state index < -0.39 is 0 Å². The molecular weight excluding hydrogens is 302 g/mol. The molecule has 0 spiro atoms. The van der Waals surface area contributed by atoms with Crippen LogP contribution >= 0.6 is 0 Å². The Labute approximate surface area is 140 Å². The van der Waals surface area contributed by atoms with Crippen molar-refractivity contribution in [3.63, 3.8) is 0 Å². The zero-order valence-corrected chi connectivity index (χ0v) is 13.3. The first-order valence-corrected chi connectivity index (χ1v) is 8.21. The maximum absolute atomic E-state index is 12.1. The number of nitrogens with zero attached hydrogens (tertiary/aromatic N) is 2. The van der Waals surface area contributed by atoms with Gasteiger partial charge in [-0.3, -0.25) is 4.79 Å². The number of pyridine rings is 1. The third-order valence-corrected chi connectivity index (χ3v) is 4.15. The molecule has 0 radical (unpaired) electrons. The van der Waals surface area contributed by atoms with Crippen molar-refractivity contribution < 1.29 is 9.53 Å². The van der Waals surface area contributed by atoms with Crippen LogP contribution in [0.3, 0.4) is 0 Å². The number of ether oxygens (including phenoxy) is 1. The molecule has 1 amide bonds. The van der Waals surface area contributed by atoms with Gasteiger partial charge < -0.3 is 14.5 Å². The lowest BCUT2D eigenvalue weighted by Crippen LogP contribution is -2.25. The van der Waals surface area contributed by atoms with Gasteiger partial charge in [-0.25, -0.2) is 4.98 Å². The van der Waals surface area contributed by atoms with E-state index in [4.69, 9.17) is 4.74 Å². The summed E-state index contributed by atoms with van der Waals surface area (Å²) in [5, 5.41) is 2.97. The minimum absolute atomic E-state index is 0.0416. The fourth-order valence-corrected chi connectivity index (χ4v) is 2.60. The van der Waals surface area contributed by atoms with Gasteiger partial charge in [0.1, 0.15) is 18.0 Å². The first-order valence-electron chi connectivity index (χ1n) is 8.21. The summed E-state index contributed by atoms with van der Waals surface area (Å²) in [5.74, 6) is 1.30. The number of carbonyl (C=O) groups excluding carboxylic acids is 1. The van der Waals surface area contributed by atoms with Crippen molar-refractivity contribution in [1.29, 1.82) is 0 Å². The van der Waals surface area contributed by atoms with Crippen molar-refractivity contribution in [3.05, 3.63) is 66.1 Å². The Bertz CT molecular complexity index is 835. The van der Waals surface area contributed by atoms with Crippen molar-refractivity contribution in [2.24, 2.45) is 5.92 Å². The Hall–Kier alpha value is -2.82.